The maximum Gasteiger partial charge on any atom is 0.272 e. The second kappa shape index (κ2) is 8.49. The van der Waals surface area contributed by atoms with Gasteiger partial charge in [-0.25, -0.2) is 0 Å². The van der Waals surface area contributed by atoms with Crippen LogP contribution in [0.1, 0.15) is 53.1 Å². The van der Waals surface area contributed by atoms with Crippen molar-refractivity contribution in [2.24, 2.45) is 0 Å². The van der Waals surface area contributed by atoms with Crippen LogP contribution in [0.4, 0.5) is 0 Å². The number of rotatable bonds is 7. The summed E-state index contributed by atoms with van der Waals surface area (Å²) in [7, 11) is 0. The summed E-state index contributed by atoms with van der Waals surface area (Å²) in [5.74, 6) is 1.18. The van der Waals surface area contributed by atoms with E-state index in [9.17, 15) is 4.79 Å². The number of nitrogens with zero attached hydrogens (tertiary/aromatic N) is 4. The molecule has 4 aromatic rings. The van der Waals surface area contributed by atoms with Crippen molar-refractivity contribution in [2.75, 3.05) is 6.54 Å². The fraction of sp³-hybridized carbons (Fsp3) is 0.304. The van der Waals surface area contributed by atoms with Crippen LogP contribution in [-0.2, 0) is 13.0 Å². The average molecular weight is 403 g/mol. The highest BCUT2D eigenvalue weighted by Crippen LogP contribution is 2.20. The van der Waals surface area contributed by atoms with Crippen LogP contribution in [0.3, 0.4) is 0 Å². The Bertz CT molecular complexity index is 1160. The van der Waals surface area contributed by atoms with E-state index in [2.05, 4.69) is 51.7 Å². The lowest BCUT2D eigenvalue weighted by Gasteiger charge is -2.04. The molecule has 0 saturated carbocycles. The maximum absolute atomic E-state index is 12.8. The topological polar surface area (TPSA) is 85.8 Å². The van der Waals surface area contributed by atoms with E-state index in [1.165, 1.54) is 5.56 Å². The lowest BCUT2D eigenvalue weighted by atomic mass is 10.1. The van der Waals surface area contributed by atoms with Gasteiger partial charge in [0.1, 0.15) is 0 Å². The zero-order chi connectivity index (χ0) is 21.1. The fourth-order valence-electron chi connectivity index (χ4n) is 3.26. The molecule has 0 aliphatic rings. The molecule has 0 spiro atoms. The third-order valence-corrected chi connectivity index (χ3v) is 4.94. The second-order valence-electron chi connectivity index (χ2n) is 7.72. The van der Waals surface area contributed by atoms with Crippen LogP contribution < -0.4 is 5.32 Å². The standard InChI is InChI=1S/C23H25N5O2/c1-15(2)23-25-20(27-30-23)12-13-24-22(29)21-18-6-4-5-7-19(18)28(26-21)14-17-10-8-16(3)9-11-17/h4-11,15H,12-14H2,1-3H3,(H,24,29). The van der Waals surface area contributed by atoms with E-state index in [0.717, 1.165) is 16.5 Å². The number of aryl methyl sites for hydroxylation is 1. The van der Waals surface area contributed by atoms with Gasteiger partial charge in [-0.1, -0.05) is 67.0 Å². The lowest BCUT2D eigenvalue weighted by molar-refractivity contribution is 0.0949. The Hall–Kier alpha value is -3.48. The highest BCUT2D eigenvalue weighted by atomic mass is 16.5. The van der Waals surface area contributed by atoms with Gasteiger partial charge in [-0.15, -0.1) is 0 Å². The molecule has 7 heteroatoms. The van der Waals surface area contributed by atoms with Crippen molar-refractivity contribution in [3.8, 4) is 0 Å². The van der Waals surface area contributed by atoms with Crippen LogP contribution in [-0.4, -0.2) is 32.4 Å². The van der Waals surface area contributed by atoms with Gasteiger partial charge in [-0.3, -0.25) is 9.48 Å². The number of carbonyl (C=O) groups is 1. The highest BCUT2D eigenvalue weighted by molar-refractivity contribution is 6.04. The molecule has 1 N–H and O–H groups in total. The van der Waals surface area contributed by atoms with E-state index in [1.807, 2.05) is 42.8 Å². The molecule has 154 valence electrons. The van der Waals surface area contributed by atoms with Crippen molar-refractivity contribution < 1.29 is 9.32 Å². The van der Waals surface area contributed by atoms with Crippen molar-refractivity contribution >= 4 is 16.8 Å². The smallest absolute Gasteiger partial charge is 0.272 e. The molecule has 4 rings (SSSR count). The largest absolute Gasteiger partial charge is 0.350 e. The summed E-state index contributed by atoms with van der Waals surface area (Å²) < 4.78 is 7.08. The molecule has 0 aliphatic heterocycles. The summed E-state index contributed by atoms with van der Waals surface area (Å²) in [4.78, 5) is 17.2. The second-order valence-corrected chi connectivity index (χ2v) is 7.72. The Morgan fingerprint density at radius 3 is 2.63 bits per heavy atom. The molecule has 2 aromatic carbocycles. The van der Waals surface area contributed by atoms with Crippen molar-refractivity contribution in [2.45, 2.75) is 39.7 Å². The Labute approximate surface area is 175 Å². The van der Waals surface area contributed by atoms with Crippen LogP contribution in [0.15, 0.2) is 53.1 Å². The highest BCUT2D eigenvalue weighted by Gasteiger charge is 2.17. The van der Waals surface area contributed by atoms with Gasteiger partial charge in [-0.05, 0) is 18.6 Å². The zero-order valence-corrected chi connectivity index (χ0v) is 17.4. The van der Waals surface area contributed by atoms with Crippen LogP contribution in [0.2, 0.25) is 0 Å². The molecule has 2 heterocycles. The number of hydrogen-bond acceptors (Lipinski definition) is 5. The quantitative estimate of drug-likeness (QED) is 0.506. The zero-order valence-electron chi connectivity index (χ0n) is 17.4. The number of hydrogen-bond donors (Lipinski definition) is 1. The normalized spacial score (nSPS) is 11.3. The number of nitrogens with one attached hydrogen (secondary N) is 1. The molecule has 2 aromatic heterocycles. The van der Waals surface area contributed by atoms with Crippen LogP contribution >= 0.6 is 0 Å². The molecular formula is C23H25N5O2. The van der Waals surface area contributed by atoms with Crippen LogP contribution in [0, 0.1) is 6.92 Å². The molecule has 7 nitrogen and oxygen atoms in total. The van der Waals surface area contributed by atoms with Gasteiger partial charge in [0, 0.05) is 24.3 Å². The van der Waals surface area contributed by atoms with Gasteiger partial charge in [0.05, 0.1) is 12.1 Å². The van der Waals surface area contributed by atoms with E-state index in [1.54, 1.807) is 0 Å². The van der Waals surface area contributed by atoms with Crippen molar-refractivity contribution in [3.05, 3.63) is 77.1 Å². The number of para-hydroxylation sites is 1. The number of amides is 1. The van der Waals surface area contributed by atoms with Gasteiger partial charge in [-0.2, -0.15) is 10.1 Å². The molecule has 0 fully saturated rings. The van der Waals surface area contributed by atoms with E-state index in [4.69, 9.17) is 4.52 Å². The Balaban J connectivity index is 1.48. The fourth-order valence-corrected chi connectivity index (χ4v) is 3.26. The molecule has 0 aliphatic carbocycles. The maximum atomic E-state index is 12.8. The molecular weight excluding hydrogens is 378 g/mol. The van der Waals surface area contributed by atoms with Crippen molar-refractivity contribution in [1.29, 1.82) is 0 Å². The van der Waals surface area contributed by atoms with Crippen LogP contribution in [0.25, 0.3) is 10.9 Å². The van der Waals surface area contributed by atoms with Gasteiger partial charge in [0.15, 0.2) is 11.5 Å². The minimum Gasteiger partial charge on any atom is -0.350 e. The number of carbonyl (C=O) groups excluding carboxylic acids is 1. The third kappa shape index (κ3) is 4.25. The minimum absolute atomic E-state index is 0.185. The Morgan fingerprint density at radius 1 is 1.13 bits per heavy atom. The van der Waals surface area contributed by atoms with Gasteiger partial charge >= 0.3 is 0 Å². The van der Waals surface area contributed by atoms with Crippen LogP contribution in [0.5, 0.6) is 0 Å². The first-order valence-corrected chi connectivity index (χ1v) is 10.1. The van der Waals surface area contributed by atoms with Gasteiger partial charge in [0.2, 0.25) is 5.89 Å². The summed E-state index contributed by atoms with van der Waals surface area (Å²) >= 11 is 0. The van der Waals surface area contributed by atoms with E-state index >= 15 is 0 Å². The van der Waals surface area contributed by atoms with Crippen molar-refractivity contribution in [3.63, 3.8) is 0 Å². The minimum atomic E-state index is -0.207. The monoisotopic (exact) mass is 403 g/mol. The molecule has 30 heavy (non-hydrogen) atoms. The first-order chi connectivity index (χ1) is 14.5. The Morgan fingerprint density at radius 2 is 1.90 bits per heavy atom. The van der Waals surface area contributed by atoms with E-state index in [0.29, 0.717) is 36.9 Å². The van der Waals surface area contributed by atoms with Crippen molar-refractivity contribution in [1.82, 2.24) is 25.2 Å². The van der Waals surface area contributed by atoms with E-state index < -0.39 is 0 Å². The first kappa shape index (κ1) is 19.8. The molecule has 0 unspecified atom stereocenters. The van der Waals surface area contributed by atoms with Gasteiger partial charge < -0.3 is 9.84 Å². The predicted molar refractivity (Wildman–Crippen MR) is 114 cm³/mol. The lowest BCUT2D eigenvalue weighted by Crippen LogP contribution is -2.26. The summed E-state index contributed by atoms with van der Waals surface area (Å²) in [6.07, 6.45) is 0.504. The summed E-state index contributed by atoms with van der Waals surface area (Å²) in [6.45, 7) is 7.08. The third-order valence-electron chi connectivity index (χ3n) is 4.94. The van der Waals surface area contributed by atoms with Gasteiger partial charge in [0.25, 0.3) is 5.91 Å². The summed E-state index contributed by atoms with van der Waals surface area (Å²) in [5, 5.41) is 12.3. The summed E-state index contributed by atoms with van der Waals surface area (Å²) in [6, 6.07) is 16.1. The number of benzene rings is 2. The molecule has 0 atom stereocenters. The SMILES string of the molecule is Cc1ccc(Cn2nc(C(=O)NCCc3noc(C(C)C)n3)c3ccccc32)cc1. The number of aromatic nitrogens is 4. The summed E-state index contributed by atoms with van der Waals surface area (Å²) in [5.41, 5.74) is 3.71. The number of fused-ring (bicyclic) bond motifs is 1. The van der Waals surface area contributed by atoms with E-state index in [-0.39, 0.29) is 11.8 Å². The predicted octanol–water partition coefficient (Wildman–Crippen LogP) is 3.87. The average Bonchev–Trinajstić information content (AvgIpc) is 3.35. The Kier molecular flexibility index (Phi) is 5.61. The molecule has 0 bridgehead atoms. The molecule has 1 amide bonds. The first-order valence-electron chi connectivity index (χ1n) is 10.1. The molecule has 0 saturated heterocycles. The molecule has 0 radical (unpaired) electrons.